The Morgan fingerprint density at radius 1 is 0.677 bits per heavy atom. The Morgan fingerprint density at radius 2 is 1.06 bits per heavy atom. The van der Waals surface area contributed by atoms with Crippen molar-refractivity contribution in [2.75, 3.05) is 0 Å². The van der Waals surface area contributed by atoms with Crippen LogP contribution in [0.15, 0.2) is 89.4 Å². The van der Waals surface area contributed by atoms with E-state index in [1.165, 1.54) is 12.2 Å². The molecule has 3 rings (SSSR count). The Hall–Kier alpha value is -3.86. The van der Waals surface area contributed by atoms with E-state index >= 15 is 0 Å². The van der Waals surface area contributed by atoms with Gasteiger partial charge < -0.3 is 13.9 Å². The van der Waals surface area contributed by atoms with Crippen molar-refractivity contribution in [3.05, 3.63) is 85.0 Å². The predicted octanol–water partition coefficient (Wildman–Crippen LogP) is 6.36. The van der Waals surface area contributed by atoms with Gasteiger partial charge in [-0.15, -0.1) is 0 Å². The first-order valence-electron chi connectivity index (χ1n) is 10.2. The van der Waals surface area contributed by atoms with Gasteiger partial charge in [0.25, 0.3) is 0 Å². The zero-order valence-corrected chi connectivity index (χ0v) is 17.5. The Kier molecular flexibility index (Phi) is 7.60. The smallest absolute Gasteiger partial charge is 0.335 e. The highest BCUT2D eigenvalue weighted by molar-refractivity contribution is 5.84. The largest absolute Gasteiger partial charge is 0.456 e. The molecule has 0 radical (unpaired) electrons. The van der Waals surface area contributed by atoms with Crippen molar-refractivity contribution in [3.8, 4) is 34.1 Å². The van der Waals surface area contributed by atoms with Gasteiger partial charge in [-0.3, -0.25) is 0 Å². The van der Waals surface area contributed by atoms with E-state index < -0.39 is 11.9 Å². The molecule has 0 bridgehead atoms. The van der Waals surface area contributed by atoms with Gasteiger partial charge in [0.2, 0.25) is 0 Å². The average Bonchev–Trinajstić information content (AvgIpc) is 3.27. The van der Waals surface area contributed by atoms with E-state index in [0.29, 0.717) is 23.0 Å². The topological polar surface area (TPSA) is 65.7 Å². The second-order valence-corrected chi connectivity index (χ2v) is 6.68. The Bertz CT molecular complexity index is 984. The van der Waals surface area contributed by atoms with Crippen molar-refractivity contribution in [1.82, 2.24) is 0 Å². The van der Waals surface area contributed by atoms with Gasteiger partial charge in [0.05, 0.1) is 0 Å². The highest BCUT2D eigenvalue weighted by Gasteiger charge is 2.09. The standard InChI is InChI=1S/C26H24O5/c1-3-5-7-25(27)29-21-13-9-19(10-14-21)23-17-18-24(31-23)20-11-15-22(16-12-20)30-26(28)8-6-4-2/h5-18H,3-4H2,1-2H3. The lowest BCUT2D eigenvalue weighted by atomic mass is 10.1. The number of rotatable bonds is 8. The first-order valence-corrected chi connectivity index (χ1v) is 10.2. The fourth-order valence-corrected chi connectivity index (χ4v) is 2.75. The van der Waals surface area contributed by atoms with Crippen LogP contribution in [0.3, 0.4) is 0 Å². The zero-order valence-electron chi connectivity index (χ0n) is 17.5. The predicted molar refractivity (Wildman–Crippen MR) is 120 cm³/mol. The minimum atomic E-state index is -0.398. The van der Waals surface area contributed by atoms with Gasteiger partial charge in [-0.2, -0.15) is 0 Å². The maximum atomic E-state index is 11.7. The average molecular weight is 416 g/mol. The number of esters is 2. The summed E-state index contributed by atoms with van der Waals surface area (Å²) in [6.07, 6.45) is 7.89. The molecule has 31 heavy (non-hydrogen) atoms. The molecule has 0 fully saturated rings. The molecule has 0 unspecified atom stereocenters. The summed E-state index contributed by atoms with van der Waals surface area (Å²) in [6.45, 7) is 3.90. The van der Waals surface area contributed by atoms with Crippen LogP contribution in [0.2, 0.25) is 0 Å². The van der Waals surface area contributed by atoms with Crippen LogP contribution in [0.5, 0.6) is 11.5 Å². The quantitative estimate of drug-likeness (QED) is 0.243. The van der Waals surface area contributed by atoms with E-state index in [-0.39, 0.29) is 0 Å². The SMILES string of the molecule is CCC=CC(=O)Oc1ccc(-c2ccc(-c3ccc(OC(=O)C=CCC)cc3)o2)cc1. The summed E-state index contributed by atoms with van der Waals surface area (Å²) >= 11 is 0. The fourth-order valence-electron chi connectivity index (χ4n) is 2.75. The van der Waals surface area contributed by atoms with Crippen molar-refractivity contribution >= 4 is 11.9 Å². The van der Waals surface area contributed by atoms with E-state index in [4.69, 9.17) is 13.9 Å². The molecule has 0 saturated heterocycles. The molecule has 5 heteroatoms. The summed E-state index contributed by atoms with van der Waals surface area (Å²) in [7, 11) is 0. The van der Waals surface area contributed by atoms with Crippen molar-refractivity contribution in [2.24, 2.45) is 0 Å². The van der Waals surface area contributed by atoms with E-state index in [1.807, 2.05) is 50.2 Å². The lowest BCUT2D eigenvalue weighted by Gasteiger charge is -2.04. The third kappa shape index (κ3) is 6.31. The zero-order chi connectivity index (χ0) is 22.1. The first-order chi connectivity index (χ1) is 15.1. The number of ether oxygens (including phenoxy) is 2. The van der Waals surface area contributed by atoms with Gasteiger partial charge in [0.15, 0.2) is 0 Å². The molecule has 1 aromatic heterocycles. The lowest BCUT2D eigenvalue weighted by Crippen LogP contribution is -2.03. The minimum absolute atomic E-state index is 0.398. The van der Waals surface area contributed by atoms with Crippen LogP contribution in [0, 0.1) is 0 Å². The number of carbonyl (C=O) groups excluding carboxylic acids is 2. The summed E-state index contributed by atoms with van der Waals surface area (Å²) < 4.78 is 16.5. The maximum Gasteiger partial charge on any atom is 0.335 e. The van der Waals surface area contributed by atoms with Gasteiger partial charge in [-0.25, -0.2) is 9.59 Å². The number of benzene rings is 2. The second-order valence-electron chi connectivity index (χ2n) is 6.68. The normalized spacial score (nSPS) is 11.2. The Balaban J connectivity index is 1.66. The monoisotopic (exact) mass is 416 g/mol. The van der Waals surface area contributed by atoms with Crippen molar-refractivity contribution in [3.63, 3.8) is 0 Å². The van der Waals surface area contributed by atoms with Crippen LogP contribution < -0.4 is 9.47 Å². The molecule has 2 aromatic carbocycles. The summed E-state index contributed by atoms with van der Waals surface area (Å²) in [5.74, 6) is 1.54. The molecule has 0 N–H and O–H groups in total. The van der Waals surface area contributed by atoms with Gasteiger partial charge in [-0.05, 0) is 73.5 Å². The highest BCUT2D eigenvalue weighted by Crippen LogP contribution is 2.30. The second kappa shape index (κ2) is 10.8. The van der Waals surface area contributed by atoms with Crippen LogP contribution >= 0.6 is 0 Å². The summed E-state index contributed by atoms with van der Waals surface area (Å²) in [5, 5.41) is 0. The summed E-state index contributed by atoms with van der Waals surface area (Å²) in [4.78, 5) is 23.3. The third-order valence-electron chi connectivity index (χ3n) is 4.30. The van der Waals surface area contributed by atoms with Gasteiger partial charge in [-0.1, -0.05) is 26.0 Å². The summed E-state index contributed by atoms with van der Waals surface area (Å²) in [5.41, 5.74) is 1.73. The minimum Gasteiger partial charge on any atom is -0.456 e. The Morgan fingerprint density at radius 3 is 1.42 bits per heavy atom. The van der Waals surface area contributed by atoms with E-state index in [1.54, 1.807) is 36.4 Å². The van der Waals surface area contributed by atoms with Gasteiger partial charge in [0.1, 0.15) is 23.0 Å². The first kappa shape index (κ1) is 21.8. The van der Waals surface area contributed by atoms with Crippen molar-refractivity contribution < 1.29 is 23.5 Å². The summed E-state index contributed by atoms with van der Waals surface area (Å²) in [6, 6.07) is 18.0. The van der Waals surface area contributed by atoms with E-state index in [0.717, 1.165) is 24.0 Å². The van der Waals surface area contributed by atoms with Crippen LogP contribution in [-0.4, -0.2) is 11.9 Å². The highest BCUT2D eigenvalue weighted by atomic mass is 16.5. The molecule has 0 aliphatic rings. The molecule has 5 nitrogen and oxygen atoms in total. The molecule has 0 saturated carbocycles. The van der Waals surface area contributed by atoms with Crippen molar-refractivity contribution in [2.45, 2.75) is 26.7 Å². The molecule has 0 amide bonds. The molecular weight excluding hydrogens is 392 g/mol. The molecular formula is C26H24O5. The molecule has 0 aliphatic carbocycles. The molecule has 0 atom stereocenters. The van der Waals surface area contributed by atoms with Gasteiger partial charge >= 0.3 is 11.9 Å². The van der Waals surface area contributed by atoms with E-state index in [9.17, 15) is 9.59 Å². The molecule has 1 heterocycles. The number of hydrogen-bond donors (Lipinski definition) is 0. The maximum absolute atomic E-state index is 11.7. The Labute approximate surface area is 181 Å². The fraction of sp³-hybridized carbons (Fsp3) is 0.154. The van der Waals surface area contributed by atoms with E-state index in [2.05, 4.69) is 0 Å². The van der Waals surface area contributed by atoms with Crippen LogP contribution in [0.1, 0.15) is 26.7 Å². The number of carbonyl (C=O) groups is 2. The number of allylic oxidation sites excluding steroid dienone is 2. The lowest BCUT2D eigenvalue weighted by molar-refractivity contribution is -0.129. The van der Waals surface area contributed by atoms with Crippen LogP contribution in [-0.2, 0) is 9.59 Å². The molecule has 158 valence electrons. The number of furan rings is 1. The number of hydrogen-bond acceptors (Lipinski definition) is 5. The molecule has 0 aliphatic heterocycles. The van der Waals surface area contributed by atoms with Crippen molar-refractivity contribution in [1.29, 1.82) is 0 Å². The van der Waals surface area contributed by atoms with Crippen LogP contribution in [0.25, 0.3) is 22.6 Å². The van der Waals surface area contributed by atoms with Crippen LogP contribution in [0.4, 0.5) is 0 Å². The molecule has 3 aromatic rings. The third-order valence-corrected chi connectivity index (χ3v) is 4.30. The van der Waals surface area contributed by atoms with Gasteiger partial charge in [0, 0.05) is 23.3 Å². The molecule has 0 spiro atoms.